The zero-order chi connectivity index (χ0) is 11.8. The molecule has 0 bridgehead atoms. The summed E-state index contributed by atoms with van der Waals surface area (Å²) in [5.74, 6) is 0.701. The molecule has 2 heterocycles. The Bertz CT molecular complexity index is 657. The SMILES string of the molecule is NCc1nn2c(-c3ccc(Cl)cc3)nnc2s1. The Morgan fingerprint density at radius 1 is 1.24 bits per heavy atom. The summed E-state index contributed by atoms with van der Waals surface area (Å²) in [5.41, 5.74) is 6.48. The fourth-order valence-corrected chi connectivity index (χ4v) is 2.36. The van der Waals surface area contributed by atoms with Gasteiger partial charge in [0.2, 0.25) is 4.96 Å². The van der Waals surface area contributed by atoms with E-state index < -0.39 is 0 Å². The highest BCUT2D eigenvalue weighted by Gasteiger charge is 2.12. The molecular weight excluding hydrogens is 258 g/mol. The van der Waals surface area contributed by atoms with Gasteiger partial charge in [-0.15, -0.1) is 10.2 Å². The number of fused-ring (bicyclic) bond motifs is 1. The number of rotatable bonds is 2. The Kier molecular flexibility index (Phi) is 2.54. The van der Waals surface area contributed by atoms with Gasteiger partial charge in [-0.2, -0.15) is 9.61 Å². The lowest BCUT2D eigenvalue weighted by Crippen LogP contribution is -1.97. The van der Waals surface area contributed by atoms with Crippen molar-refractivity contribution in [2.75, 3.05) is 0 Å². The molecule has 0 aliphatic heterocycles. The van der Waals surface area contributed by atoms with Crippen LogP contribution in [0.4, 0.5) is 0 Å². The van der Waals surface area contributed by atoms with Gasteiger partial charge in [0.05, 0.1) is 0 Å². The summed E-state index contributed by atoms with van der Waals surface area (Å²) in [6.07, 6.45) is 0. The highest BCUT2D eigenvalue weighted by atomic mass is 35.5. The van der Waals surface area contributed by atoms with E-state index in [1.54, 1.807) is 4.52 Å². The maximum atomic E-state index is 5.84. The van der Waals surface area contributed by atoms with E-state index >= 15 is 0 Å². The summed E-state index contributed by atoms with van der Waals surface area (Å²) in [6, 6.07) is 7.41. The smallest absolute Gasteiger partial charge is 0.235 e. The van der Waals surface area contributed by atoms with Crippen molar-refractivity contribution in [2.45, 2.75) is 6.54 Å². The third-order valence-electron chi connectivity index (χ3n) is 2.31. The van der Waals surface area contributed by atoms with Crippen LogP contribution in [0, 0.1) is 0 Å². The number of hydrogen-bond donors (Lipinski definition) is 1. The lowest BCUT2D eigenvalue weighted by atomic mass is 10.2. The van der Waals surface area contributed by atoms with Crippen molar-refractivity contribution in [3.05, 3.63) is 34.3 Å². The topological polar surface area (TPSA) is 69.1 Å². The van der Waals surface area contributed by atoms with Crippen molar-refractivity contribution in [3.63, 3.8) is 0 Å². The first kappa shape index (κ1) is 10.6. The van der Waals surface area contributed by atoms with Crippen LogP contribution >= 0.6 is 22.9 Å². The summed E-state index contributed by atoms with van der Waals surface area (Å²) >= 11 is 7.29. The molecule has 0 fully saturated rings. The van der Waals surface area contributed by atoms with Crippen LogP contribution < -0.4 is 5.73 Å². The summed E-state index contributed by atoms with van der Waals surface area (Å²) in [7, 11) is 0. The van der Waals surface area contributed by atoms with Crippen molar-refractivity contribution >= 4 is 27.9 Å². The lowest BCUT2D eigenvalue weighted by molar-refractivity contribution is 0.894. The standard InChI is InChI=1S/C10H8ClN5S/c11-7-3-1-6(2-4-7)9-13-14-10-16(9)15-8(5-12)17-10/h1-4H,5,12H2. The summed E-state index contributed by atoms with van der Waals surface area (Å²) in [6.45, 7) is 0.411. The van der Waals surface area contributed by atoms with Gasteiger partial charge in [-0.05, 0) is 24.3 Å². The van der Waals surface area contributed by atoms with Crippen LogP contribution in [-0.4, -0.2) is 19.8 Å². The van der Waals surface area contributed by atoms with Gasteiger partial charge < -0.3 is 5.73 Å². The molecule has 0 spiro atoms. The summed E-state index contributed by atoms with van der Waals surface area (Å²) in [4.78, 5) is 0.746. The summed E-state index contributed by atoms with van der Waals surface area (Å²) < 4.78 is 1.70. The number of nitrogens with two attached hydrogens (primary N) is 1. The van der Waals surface area contributed by atoms with E-state index in [-0.39, 0.29) is 0 Å². The van der Waals surface area contributed by atoms with E-state index in [1.807, 2.05) is 24.3 Å². The lowest BCUT2D eigenvalue weighted by Gasteiger charge is -1.96. The van der Waals surface area contributed by atoms with Gasteiger partial charge in [0.25, 0.3) is 0 Å². The normalized spacial score (nSPS) is 11.2. The molecule has 3 aromatic rings. The molecule has 0 aliphatic rings. The monoisotopic (exact) mass is 265 g/mol. The number of nitrogens with zero attached hydrogens (tertiary/aromatic N) is 4. The zero-order valence-electron chi connectivity index (χ0n) is 8.67. The van der Waals surface area contributed by atoms with Crippen LogP contribution in [0.25, 0.3) is 16.3 Å². The van der Waals surface area contributed by atoms with E-state index in [0.717, 1.165) is 15.5 Å². The molecule has 86 valence electrons. The quantitative estimate of drug-likeness (QED) is 0.769. The van der Waals surface area contributed by atoms with Gasteiger partial charge in [0, 0.05) is 17.1 Å². The second-order valence-corrected chi connectivity index (χ2v) is 4.90. The Balaban J connectivity index is 2.16. The molecule has 0 saturated heterocycles. The van der Waals surface area contributed by atoms with E-state index in [4.69, 9.17) is 17.3 Å². The van der Waals surface area contributed by atoms with E-state index in [2.05, 4.69) is 15.3 Å². The van der Waals surface area contributed by atoms with Gasteiger partial charge in [0.15, 0.2) is 5.82 Å². The minimum absolute atomic E-state index is 0.411. The van der Waals surface area contributed by atoms with Crippen LogP contribution in [0.1, 0.15) is 5.01 Å². The van der Waals surface area contributed by atoms with Crippen molar-refractivity contribution in [1.82, 2.24) is 19.8 Å². The van der Waals surface area contributed by atoms with Crippen LogP contribution in [0.3, 0.4) is 0 Å². The Morgan fingerprint density at radius 2 is 2.00 bits per heavy atom. The van der Waals surface area contributed by atoms with E-state index in [0.29, 0.717) is 17.4 Å². The number of hydrogen-bond acceptors (Lipinski definition) is 5. The molecule has 0 saturated carbocycles. The van der Waals surface area contributed by atoms with Gasteiger partial charge in [-0.1, -0.05) is 22.9 Å². The molecule has 3 rings (SSSR count). The molecule has 0 unspecified atom stereocenters. The average Bonchev–Trinajstić information content (AvgIpc) is 2.89. The number of halogens is 1. The van der Waals surface area contributed by atoms with Gasteiger partial charge in [-0.3, -0.25) is 0 Å². The summed E-state index contributed by atoms with van der Waals surface area (Å²) in [5, 5.41) is 14.0. The van der Waals surface area contributed by atoms with Gasteiger partial charge in [-0.25, -0.2) is 0 Å². The van der Waals surface area contributed by atoms with E-state index in [1.165, 1.54) is 11.3 Å². The Labute approximate surface area is 106 Å². The maximum absolute atomic E-state index is 5.84. The first-order chi connectivity index (χ1) is 8.28. The van der Waals surface area contributed by atoms with Crippen molar-refractivity contribution in [2.24, 2.45) is 5.73 Å². The van der Waals surface area contributed by atoms with Crippen LogP contribution in [0.2, 0.25) is 5.02 Å². The maximum Gasteiger partial charge on any atom is 0.235 e. The molecule has 5 nitrogen and oxygen atoms in total. The molecule has 17 heavy (non-hydrogen) atoms. The largest absolute Gasteiger partial charge is 0.324 e. The molecule has 0 radical (unpaired) electrons. The van der Waals surface area contributed by atoms with Crippen molar-refractivity contribution in [1.29, 1.82) is 0 Å². The molecule has 0 atom stereocenters. The second kappa shape index (κ2) is 4.06. The highest BCUT2D eigenvalue weighted by molar-refractivity contribution is 7.16. The number of benzene rings is 1. The fraction of sp³-hybridized carbons (Fsp3) is 0.100. The number of aromatic nitrogens is 4. The highest BCUT2D eigenvalue weighted by Crippen LogP contribution is 2.22. The predicted octanol–water partition coefficient (Wildman–Crippen LogP) is 1.96. The molecule has 1 aromatic carbocycles. The second-order valence-electron chi connectivity index (χ2n) is 3.42. The van der Waals surface area contributed by atoms with Crippen molar-refractivity contribution in [3.8, 4) is 11.4 Å². The molecule has 7 heteroatoms. The van der Waals surface area contributed by atoms with Gasteiger partial charge >= 0.3 is 0 Å². The zero-order valence-corrected chi connectivity index (χ0v) is 10.2. The van der Waals surface area contributed by atoms with Crippen LogP contribution in [0.15, 0.2) is 24.3 Å². The Morgan fingerprint density at radius 3 is 2.71 bits per heavy atom. The molecule has 2 N–H and O–H groups in total. The molecule has 0 amide bonds. The average molecular weight is 266 g/mol. The van der Waals surface area contributed by atoms with E-state index in [9.17, 15) is 0 Å². The third kappa shape index (κ3) is 1.80. The fourth-order valence-electron chi connectivity index (χ4n) is 1.52. The van der Waals surface area contributed by atoms with Crippen molar-refractivity contribution < 1.29 is 0 Å². The third-order valence-corrected chi connectivity index (χ3v) is 3.48. The van der Waals surface area contributed by atoms with Crippen LogP contribution in [0.5, 0.6) is 0 Å². The molecule has 0 aliphatic carbocycles. The molecule has 2 aromatic heterocycles. The first-order valence-corrected chi connectivity index (χ1v) is 6.14. The minimum atomic E-state index is 0.411. The predicted molar refractivity (Wildman–Crippen MR) is 67.0 cm³/mol. The molecular formula is C10H8ClN5S. The van der Waals surface area contributed by atoms with Crippen LogP contribution in [-0.2, 0) is 6.54 Å². The van der Waals surface area contributed by atoms with Gasteiger partial charge in [0.1, 0.15) is 5.01 Å². The Hall–Kier alpha value is -1.50. The minimum Gasteiger partial charge on any atom is -0.324 e. The first-order valence-electron chi connectivity index (χ1n) is 4.95.